The molecular formula is C17H17NO3. The molecule has 4 heteroatoms. The predicted octanol–water partition coefficient (Wildman–Crippen LogP) is 2.53. The molecular weight excluding hydrogens is 266 g/mol. The van der Waals surface area contributed by atoms with Crippen molar-refractivity contribution in [2.24, 2.45) is 5.92 Å². The summed E-state index contributed by atoms with van der Waals surface area (Å²) in [5.41, 5.74) is 1.79. The van der Waals surface area contributed by atoms with Crippen molar-refractivity contribution >= 4 is 11.8 Å². The maximum atomic E-state index is 12.0. The average molecular weight is 283 g/mol. The van der Waals surface area contributed by atoms with E-state index in [1.807, 2.05) is 30.3 Å². The van der Waals surface area contributed by atoms with Crippen molar-refractivity contribution in [3.05, 3.63) is 66.0 Å². The SMILES string of the molecule is O=C(Cc1ccncc1)CC(Cc1ccccc1)C(=O)O. The van der Waals surface area contributed by atoms with Crippen LogP contribution in [0.5, 0.6) is 0 Å². The highest BCUT2D eigenvalue weighted by Gasteiger charge is 2.21. The van der Waals surface area contributed by atoms with Crippen LogP contribution in [0.15, 0.2) is 54.9 Å². The zero-order chi connectivity index (χ0) is 15.1. The molecule has 21 heavy (non-hydrogen) atoms. The van der Waals surface area contributed by atoms with Gasteiger partial charge in [-0.05, 0) is 29.7 Å². The normalized spacial score (nSPS) is 11.8. The number of nitrogens with zero attached hydrogens (tertiary/aromatic N) is 1. The molecule has 2 aromatic rings. The van der Waals surface area contributed by atoms with Gasteiger partial charge in [0.15, 0.2) is 0 Å². The van der Waals surface area contributed by atoms with Crippen LogP contribution in [0.4, 0.5) is 0 Å². The fraction of sp³-hybridized carbons (Fsp3) is 0.235. The average Bonchev–Trinajstić information content (AvgIpc) is 2.48. The van der Waals surface area contributed by atoms with Gasteiger partial charge in [0.2, 0.25) is 0 Å². The molecule has 0 bridgehead atoms. The Morgan fingerprint density at radius 3 is 2.29 bits per heavy atom. The molecule has 0 amide bonds. The predicted molar refractivity (Wildman–Crippen MR) is 78.8 cm³/mol. The van der Waals surface area contributed by atoms with Crippen LogP contribution in [0.25, 0.3) is 0 Å². The highest BCUT2D eigenvalue weighted by atomic mass is 16.4. The number of carbonyl (C=O) groups excluding carboxylic acids is 1. The van der Waals surface area contributed by atoms with Gasteiger partial charge in [0.25, 0.3) is 0 Å². The smallest absolute Gasteiger partial charge is 0.307 e. The van der Waals surface area contributed by atoms with Gasteiger partial charge in [-0.15, -0.1) is 0 Å². The molecule has 0 saturated heterocycles. The van der Waals surface area contributed by atoms with E-state index in [2.05, 4.69) is 4.98 Å². The van der Waals surface area contributed by atoms with E-state index in [-0.39, 0.29) is 18.6 Å². The van der Waals surface area contributed by atoms with Crippen LogP contribution in [0.2, 0.25) is 0 Å². The van der Waals surface area contributed by atoms with E-state index >= 15 is 0 Å². The molecule has 0 radical (unpaired) electrons. The molecule has 0 spiro atoms. The molecule has 108 valence electrons. The lowest BCUT2D eigenvalue weighted by molar-refractivity contribution is -0.143. The van der Waals surface area contributed by atoms with Crippen LogP contribution in [0, 0.1) is 5.92 Å². The van der Waals surface area contributed by atoms with Crippen molar-refractivity contribution in [2.45, 2.75) is 19.3 Å². The van der Waals surface area contributed by atoms with Crippen molar-refractivity contribution in [1.29, 1.82) is 0 Å². The Balaban J connectivity index is 1.96. The number of carboxylic acid groups (broad SMARTS) is 1. The molecule has 0 aliphatic heterocycles. The number of benzene rings is 1. The molecule has 1 aromatic heterocycles. The van der Waals surface area contributed by atoms with Gasteiger partial charge in [0.1, 0.15) is 5.78 Å². The van der Waals surface area contributed by atoms with Crippen LogP contribution in [-0.4, -0.2) is 21.8 Å². The summed E-state index contributed by atoms with van der Waals surface area (Å²) in [5, 5.41) is 9.29. The third-order valence-electron chi connectivity index (χ3n) is 3.30. The van der Waals surface area contributed by atoms with E-state index in [1.54, 1.807) is 24.5 Å². The summed E-state index contributed by atoms with van der Waals surface area (Å²) in [6, 6.07) is 12.9. The van der Waals surface area contributed by atoms with Crippen molar-refractivity contribution < 1.29 is 14.7 Å². The number of carbonyl (C=O) groups is 2. The van der Waals surface area contributed by atoms with E-state index in [1.165, 1.54) is 0 Å². The summed E-state index contributed by atoms with van der Waals surface area (Å²) in [6.07, 6.45) is 3.93. The van der Waals surface area contributed by atoms with E-state index in [9.17, 15) is 14.7 Å². The topological polar surface area (TPSA) is 67.3 Å². The number of Topliss-reactive ketones (excluding diaryl/α,β-unsaturated/α-hetero) is 1. The molecule has 0 fully saturated rings. The second kappa shape index (κ2) is 7.33. The number of aliphatic carboxylic acids is 1. The molecule has 0 aliphatic carbocycles. The Kier molecular flexibility index (Phi) is 5.21. The van der Waals surface area contributed by atoms with Crippen LogP contribution in [0.3, 0.4) is 0 Å². The first-order valence-electron chi connectivity index (χ1n) is 6.82. The molecule has 0 aliphatic rings. The maximum absolute atomic E-state index is 12.0. The van der Waals surface area contributed by atoms with Gasteiger partial charge in [-0.1, -0.05) is 30.3 Å². The van der Waals surface area contributed by atoms with E-state index in [4.69, 9.17) is 0 Å². The number of rotatable bonds is 7. The van der Waals surface area contributed by atoms with E-state index in [0.717, 1.165) is 11.1 Å². The van der Waals surface area contributed by atoms with E-state index in [0.29, 0.717) is 6.42 Å². The molecule has 1 unspecified atom stereocenters. The zero-order valence-corrected chi connectivity index (χ0v) is 11.6. The summed E-state index contributed by atoms with van der Waals surface area (Å²) in [7, 11) is 0. The van der Waals surface area contributed by atoms with Crippen LogP contribution in [-0.2, 0) is 22.4 Å². The Morgan fingerprint density at radius 2 is 1.67 bits per heavy atom. The van der Waals surface area contributed by atoms with Gasteiger partial charge < -0.3 is 5.11 Å². The second-order valence-corrected chi connectivity index (χ2v) is 5.00. The minimum absolute atomic E-state index is 0.0482. The molecule has 2 rings (SSSR count). The molecule has 4 nitrogen and oxygen atoms in total. The van der Waals surface area contributed by atoms with Gasteiger partial charge in [-0.25, -0.2) is 0 Å². The lowest BCUT2D eigenvalue weighted by atomic mass is 9.92. The number of hydrogen-bond acceptors (Lipinski definition) is 3. The minimum atomic E-state index is -0.929. The van der Waals surface area contributed by atoms with Crippen molar-refractivity contribution in [3.63, 3.8) is 0 Å². The molecule has 1 heterocycles. The Hall–Kier alpha value is -2.49. The van der Waals surface area contributed by atoms with Gasteiger partial charge in [-0.2, -0.15) is 0 Å². The lowest BCUT2D eigenvalue weighted by Crippen LogP contribution is -2.21. The first kappa shape index (κ1) is 14.9. The summed E-state index contributed by atoms with van der Waals surface area (Å²) in [5.74, 6) is -1.67. The molecule has 0 saturated carbocycles. The maximum Gasteiger partial charge on any atom is 0.307 e. The number of hydrogen-bond donors (Lipinski definition) is 1. The number of pyridine rings is 1. The lowest BCUT2D eigenvalue weighted by Gasteiger charge is -2.11. The van der Waals surface area contributed by atoms with Crippen molar-refractivity contribution in [1.82, 2.24) is 4.98 Å². The van der Waals surface area contributed by atoms with Gasteiger partial charge >= 0.3 is 5.97 Å². The standard InChI is InChI=1S/C17H17NO3/c19-16(11-14-6-8-18-9-7-14)12-15(17(20)21)10-13-4-2-1-3-5-13/h1-9,15H,10-12H2,(H,20,21). The molecule has 1 N–H and O–H groups in total. The number of carboxylic acids is 1. The quantitative estimate of drug-likeness (QED) is 0.848. The highest BCUT2D eigenvalue weighted by molar-refractivity contribution is 5.85. The second-order valence-electron chi connectivity index (χ2n) is 5.00. The van der Waals surface area contributed by atoms with Gasteiger partial charge in [0, 0.05) is 25.2 Å². The Morgan fingerprint density at radius 1 is 1.00 bits per heavy atom. The summed E-state index contributed by atoms with van der Waals surface area (Å²) in [4.78, 5) is 27.3. The van der Waals surface area contributed by atoms with Crippen LogP contribution >= 0.6 is 0 Å². The first-order valence-corrected chi connectivity index (χ1v) is 6.82. The molecule has 1 aromatic carbocycles. The third-order valence-corrected chi connectivity index (χ3v) is 3.30. The van der Waals surface area contributed by atoms with Crippen molar-refractivity contribution in [3.8, 4) is 0 Å². The Labute approximate surface area is 123 Å². The highest BCUT2D eigenvalue weighted by Crippen LogP contribution is 2.14. The summed E-state index contributed by atoms with van der Waals surface area (Å²) in [6.45, 7) is 0. The monoisotopic (exact) mass is 283 g/mol. The van der Waals surface area contributed by atoms with Crippen LogP contribution < -0.4 is 0 Å². The van der Waals surface area contributed by atoms with Gasteiger partial charge in [0.05, 0.1) is 5.92 Å². The zero-order valence-electron chi connectivity index (χ0n) is 11.6. The van der Waals surface area contributed by atoms with Gasteiger partial charge in [-0.3, -0.25) is 14.6 Å². The van der Waals surface area contributed by atoms with Crippen molar-refractivity contribution in [2.75, 3.05) is 0 Å². The Bertz CT molecular complexity index is 596. The minimum Gasteiger partial charge on any atom is -0.481 e. The fourth-order valence-electron chi connectivity index (χ4n) is 2.22. The summed E-state index contributed by atoms with van der Waals surface area (Å²) >= 11 is 0. The fourth-order valence-corrected chi connectivity index (χ4v) is 2.22. The van der Waals surface area contributed by atoms with E-state index < -0.39 is 11.9 Å². The number of ketones is 1. The first-order chi connectivity index (χ1) is 10.1. The molecule has 1 atom stereocenters. The number of aromatic nitrogens is 1. The summed E-state index contributed by atoms with van der Waals surface area (Å²) < 4.78 is 0. The van der Waals surface area contributed by atoms with Crippen LogP contribution in [0.1, 0.15) is 17.5 Å². The largest absolute Gasteiger partial charge is 0.481 e. The third kappa shape index (κ3) is 4.84.